The molecule has 0 unspecified atom stereocenters. The number of aromatic nitrogens is 4. The molecule has 3 aromatic rings. The Morgan fingerprint density at radius 2 is 1.82 bits per heavy atom. The molecule has 0 aliphatic carbocycles. The van der Waals surface area contributed by atoms with E-state index >= 15 is 0 Å². The summed E-state index contributed by atoms with van der Waals surface area (Å²) in [6, 6.07) is 13.1. The molecule has 1 aromatic heterocycles. The van der Waals surface area contributed by atoms with Crippen LogP contribution in [0, 0.1) is 0 Å². The van der Waals surface area contributed by atoms with E-state index in [0.717, 1.165) is 10.5 Å². The largest absolute Gasteiger partial charge is 0.493 e. The van der Waals surface area contributed by atoms with E-state index in [9.17, 15) is 4.79 Å². The lowest BCUT2D eigenvalue weighted by molar-refractivity contribution is -0.146. The summed E-state index contributed by atoms with van der Waals surface area (Å²) < 4.78 is 15.8. The first-order valence-corrected chi connectivity index (χ1v) is 9.64. The highest BCUT2D eigenvalue weighted by molar-refractivity contribution is 7.98. The molecule has 3 rings (SSSR count). The van der Waals surface area contributed by atoms with Gasteiger partial charge in [0, 0.05) is 10.5 Å². The Hall–Kier alpha value is -3.07. The van der Waals surface area contributed by atoms with Crippen molar-refractivity contribution in [3.63, 3.8) is 0 Å². The van der Waals surface area contributed by atoms with Crippen LogP contribution in [0.2, 0.25) is 0 Å². The number of ether oxygens (including phenoxy) is 3. The molecule has 0 saturated heterocycles. The minimum atomic E-state index is -0.440. The third-order valence-electron chi connectivity index (χ3n) is 3.92. The van der Waals surface area contributed by atoms with Crippen molar-refractivity contribution in [3.8, 4) is 22.9 Å². The van der Waals surface area contributed by atoms with Gasteiger partial charge in [-0.3, -0.25) is 0 Å². The maximum Gasteiger partial charge on any atom is 0.330 e. The number of carbonyl (C=O) groups excluding carboxylic acids is 1. The van der Waals surface area contributed by atoms with Gasteiger partial charge in [-0.1, -0.05) is 12.1 Å². The summed E-state index contributed by atoms with van der Waals surface area (Å²) in [5.74, 6) is 1.10. The molecule has 0 saturated carbocycles. The first-order valence-electron chi connectivity index (χ1n) is 8.41. The fourth-order valence-corrected chi connectivity index (χ4v) is 2.86. The second-order valence-corrected chi connectivity index (χ2v) is 6.60. The third kappa shape index (κ3) is 4.80. The van der Waals surface area contributed by atoms with Gasteiger partial charge in [0.05, 0.1) is 14.2 Å². The van der Waals surface area contributed by atoms with Crippen molar-refractivity contribution in [1.29, 1.82) is 0 Å². The average Bonchev–Trinajstić information content (AvgIpc) is 3.20. The third-order valence-corrected chi connectivity index (χ3v) is 4.67. The second kappa shape index (κ2) is 9.23. The van der Waals surface area contributed by atoms with E-state index in [0.29, 0.717) is 22.9 Å². The monoisotopic (exact) mass is 400 g/mol. The summed E-state index contributed by atoms with van der Waals surface area (Å²) in [6.45, 7) is 0.0773. The molecule has 0 spiro atoms. The zero-order chi connectivity index (χ0) is 19.9. The maximum atomic E-state index is 12.0. The van der Waals surface area contributed by atoms with E-state index in [1.165, 1.54) is 4.80 Å². The minimum absolute atomic E-state index is 0.122. The number of hydrogen-bond donors (Lipinski definition) is 0. The normalized spacial score (nSPS) is 10.5. The number of benzene rings is 2. The van der Waals surface area contributed by atoms with Crippen molar-refractivity contribution in [1.82, 2.24) is 20.2 Å². The Bertz CT molecular complexity index is 943. The van der Waals surface area contributed by atoms with Crippen LogP contribution in [0.15, 0.2) is 47.4 Å². The predicted molar refractivity (Wildman–Crippen MR) is 104 cm³/mol. The minimum Gasteiger partial charge on any atom is -0.493 e. The van der Waals surface area contributed by atoms with Crippen LogP contribution in [0.1, 0.15) is 5.56 Å². The van der Waals surface area contributed by atoms with E-state index < -0.39 is 5.97 Å². The van der Waals surface area contributed by atoms with Gasteiger partial charge in [0.25, 0.3) is 0 Å². The summed E-state index contributed by atoms with van der Waals surface area (Å²) in [5.41, 5.74) is 1.62. The van der Waals surface area contributed by atoms with Gasteiger partial charge in [0.1, 0.15) is 6.61 Å². The van der Waals surface area contributed by atoms with Crippen LogP contribution < -0.4 is 9.47 Å². The smallest absolute Gasteiger partial charge is 0.330 e. The van der Waals surface area contributed by atoms with E-state index in [2.05, 4.69) is 15.4 Å². The Morgan fingerprint density at radius 3 is 2.50 bits per heavy atom. The lowest BCUT2D eigenvalue weighted by atomic mass is 10.2. The number of hydrogen-bond acceptors (Lipinski definition) is 8. The fraction of sp³-hybridized carbons (Fsp3) is 0.263. The molecule has 8 nitrogen and oxygen atoms in total. The summed E-state index contributed by atoms with van der Waals surface area (Å²) in [4.78, 5) is 14.4. The van der Waals surface area contributed by atoms with E-state index in [4.69, 9.17) is 14.2 Å². The quantitative estimate of drug-likeness (QED) is 0.421. The predicted octanol–water partition coefficient (Wildman–Crippen LogP) is 2.82. The van der Waals surface area contributed by atoms with E-state index in [1.54, 1.807) is 44.2 Å². The topological polar surface area (TPSA) is 88.4 Å². The molecule has 0 fully saturated rings. The number of methoxy groups -OCH3 is 2. The number of carbonyl (C=O) groups is 1. The van der Waals surface area contributed by atoms with Gasteiger partial charge in [0.2, 0.25) is 5.82 Å². The molecule has 1 heterocycles. The Labute approximate surface area is 166 Å². The van der Waals surface area contributed by atoms with Crippen molar-refractivity contribution < 1.29 is 19.0 Å². The van der Waals surface area contributed by atoms with Crippen LogP contribution in [0.5, 0.6) is 11.5 Å². The Kier molecular flexibility index (Phi) is 6.49. The van der Waals surface area contributed by atoms with Crippen molar-refractivity contribution in [2.45, 2.75) is 18.0 Å². The van der Waals surface area contributed by atoms with Crippen molar-refractivity contribution in [2.75, 3.05) is 20.5 Å². The molecule has 2 aromatic carbocycles. The SMILES string of the molecule is COc1ccc(-c2nnn(CC(=O)OCc3ccc(SC)cc3)n2)cc1OC. The average molecular weight is 400 g/mol. The molecule has 0 atom stereocenters. The highest BCUT2D eigenvalue weighted by atomic mass is 32.2. The molecule has 9 heteroatoms. The first kappa shape index (κ1) is 19.7. The summed E-state index contributed by atoms with van der Waals surface area (Å²) in [7, 11) is 3.12. The standard InChI is InChI=1S/C19H20N4O4S/c1-25-16-9-6-14(10-17(16)26-2)19-20-22-23(21-19)11-18(24)27-12-13-4-7-15(28-3)8-5-13/h4-10H,11-12H2,1-3H3. The molecule has 0 amide bonds. The van der Waals surface area contributed by atoms with Crippen LogP contribution in [0.4, 0.5) is 0 Å². The molecule has 0 aliphatic heterocycles. The van der Waals surface area contributed by atoms with Crippen LogP contribution in [-0.2, 0) is 22.7 Å². The molecular formula is C19H20N4O4S. The maximum absolute atomic E-state index is 12.0. The Balaban J connectivity index is 1.60. The summed E-state index contributed by atoms with van der Waals surface area (Å²) >= 11 is 1.66. The number of nitrogens with zero attached hydrogens (tertiary/aromatic N) is 4. The number of tetrazole rings is 1. The number of thioether (sulfide) groups is 1. The molecule has 146 valence electrons. The lowest BCUT2D eigenvalue weighted by Gasteiger charge is -2.07. The molecule has 0 N–H and O–H groups in total. The highest BCUT2D eigenvalue weighted by Crippen LogP contribution is 2.30. The van der Waals surface area contributed by atoms with Crippen LogP contribution in [-0.4, -0.2) is 46.7 Å². The molecule has 0 aliphatic rings. The van der Waals surface area contributed by atoms with Crippen molar-refractivity contribution >= 4 is 17.7 Å². The fourth-order valence-electron chi connectivity index (χ4n) is 2.45. The lowest BCUT2D eigenvalue weighted by Crippen LogP contribution is -2.15. The van der Waals surface area contributed by atoms with Gasteiger partial charge in [-0.25, -0.2) is 4.79 Å². The molecular weight excluding hydrogens is 380 g/mol. The zero-order valence-corrected chi connectivity index (χ0v) is 16.6. The van der Waals surface area contributed by atoms with Crippen LogP contribution in [0.25, 0.3) is 11.4 Å². The second-order valence-electron chi connectivity index (χ2n) is 5.72. The van der Waals surface area contributed by atoms with E-state index in [1.807, 2.05) is 30.5 Å². The summed E-state index contributed by atoms with van der Waals surface area (Å²) in [6.07, 6.45) is 2.01. The van der Waals surface area contributed by atoms with Crippen molar-refractivity contribution in [3.05, 3.63) is 48.0 Å². The van der Waals surface area contributed by atoms with Gasteiger partial charge in [0.15, 0.2) is 18.0 Å². The zero-order valence-electron chi connectivity index (χ0n) is 15.8. The van der Waals surface area contributed by atoms with Gasteiger partial charge in [-0.05, 0) is 47.4 Å². The van der Waals surface area contributed by atoms with Crippen LogP contribution >= 0.6 is 11.8 Å². The van der Waals surface area contributed by atoms with Gasteiger partial charge < -0.3 is 14.2 Å². The molecule has 0 bridgehead atoms. The van der Waals surface area contributed by atoms with Gasteiger partial charge in [-0.15, -0.1) is 22.0 Å². The molecule has 0 radical (unpaired) electrons. The number of esters is 1. The first-order chi connectivity index (χ1) is 13.6. The van der Waals surface area contributed by atoms with Crippen molar-refractivity contribution in [2.24, 2.45) is 0 Å². The number of rotatable bonds is 8. The summed E-state index contributed by atoms with van der Waals surface area (Å²) in [5, 5.41) is 12.1. The highest BCUT2D eigenvalue weighted by Gasteiger charge is 2.13. The van der Waals surface area contributed by atoms with Crippen LogP contribution in [0.3, 0.4) is 0 Å². The van der Waals surface area contributed by atoms with E-state index in [-0.39, 0.29) is 13.2 Å². The molecule has 28 heavy (non-hydrogen) atoms. The Morgan fingerprint density at radius 1 is 1.07 bits per heavy atom. The van der Waals surface area contributed by atoms with Gasteiger partial charge in [-0.2, -0.15) is 4.80 Å². The van der Waals surface area contributed by atoms with Gasteiger partial charge >= 0.3 is 5.97 Å².